The monoisotopic (exact) mass is 274 g/mol. The normalized spacial score (nSPS) is 10.3. The predicted molar refractivity (Wildman–Crippen MR) is 79.5 cm³/mol. The van der Waals surface area contributed by atoms with Crippen molar-refractivity contribution >= 4 is 11.6 Å². The SMILES string of the molecule is CCNc1cc(NCCc2cccc(F)c2)nc(C)n1. The quantitative estimate of drug-likeness (QED) is 0.850. The minimum Gasteiger partial charge on any atom is -0.370 e. The molecule has 0 saturated carbocycles. The van der Waals surface area contributed by atoms with E-state index in [0.717, 1.165) is 36.0 Å². The summed E-state index contributed by atoms with van der Waals surface area (Å²) in [5.41, 5.74) is 0.968. The van der Waals surface area contributed by atoms with E-state index in [0.29, 0.717) is 6.54 Å². The van der Waals surface area contributed by atoms with Crippen molar-refractivity contribution in [1.82, 2.24) is 9.97 Å². The van der Waals surface area contributed by atoms with Gasteiger partial charge in [0.25, 0.3) is 0 Å². The average Bonchev–Trinajstić information content (AvgIpc) is 2.38. The molecule has 0 aliphatic rings. The smallest absolute Gasteiger partial charge is 0.131 e. The van der Waals surface area contributed by atoms with Crippen LogP contribution in [0.15, 0.2) is 30.3 Å². The first-order chi connectivity index (χ1) is 9.67. The lowest BCUT2D eigenvalue weighted by Crippen LogP contribution is -2.09. The second-order valence-corrected chi connectivity index (χ2v) is 4.52. The predicted octanol–water partition coefficient (Wildman–Crippen LogP) is 3.01. The van der Waals surface area contributed by atoms with Crippen LogP contribution in [0.1, 0.15) is 18.3 Å². The fourth-order valence-corrected chi connectivity index (χ4v) is 1.96. The number of hydrogen-bond acceptors (Lipinski definition) is 4. The van der Waals surface area contributed by atoms with Crippen LogP contribution in [0, 0.1) is 12.7 Å². The fraction of sp³-hybridized carbons (Fsp3) is 0.333. The summed E-state index contributed by atoms with van der Waals surface area (Å²) in [5.74, 6) is 2.12. The summed E-state index contributed by atoms with van der Waals surface area (Å²) >= 11 is 0. The largest absolute Gasteiger partial charge is 0.370 e. The summed E-state index contributed by atoms with van der Waals surface area (Å²) in [6.07, 6.45) is 0.747. The summed E-state index contributed by atoms with van der Waals surface area (Å²) in [6.45, 7) is 5.40. The zero-order chi connectivity index (χ0) is 14.4. The molecule has 1 aromatic heterocycles. The van der Waals surface area contributed by atoms with E-state index >= 15 is 0 Å². The van der Waals surface area contributed by atoms with Gasteiger partial charge in [-0.1, -0.05) is 12.1 Å². The Morgan fingerprint density at radius 2 is 1.85 bits per heavy atom. The van der Waals surface area contributed by atoms with Crippen molar-refractivity contribution in [3.8, 4) is 0 Å². The first kappa shape index (κ1) is 14.2. The topological polar surface area (TPSA) is 49.8 Å². The Labute approximate surface area is 118 Å². The van der Waals surface area contributed by atoms with Gasteiger partial charge in [-0.15, -0.1) is 0 Å². The average molecular weight is 274 g/mol. The Morgan fingerprint density at radius 3 is 2.55 bits per heavy atom. The van der Waals surface area contributed by atoms with Gasteiger partial charge in [0.2, 0.25) is 0 Å². The summed E-state index contributed by atoms with van der Waals surface area (Å²) in [6, 6.07) is 8.52. The maximum absolute atomic E-state index is 13.1. The summed E-state index contributed by atoms with van der Waals surface area (Å²) < 4.78 is 13.1. The number of benzene rings is 1. The van der Waals surface area contributed by atoms with Gasteiger partial charge in [0, 0.05) is 19.2 Å². The number of nitrogens with zero attached hydrogens (tertiary/aromatic N) is 2. The number of hydrogen-bond donors (Lipinski definition) is 2. The molecule has 0 unspecified atom stereocenters. The van der Waals surface area contributed by atoms with Crippen molar-refractivity contribution in [2.24, 2.45) is 0 Å². The molecule has 1 heterocycles. The molecule has 20 heavy (non-hydrogen) atoms. The number of anilines is 2. The first-order valence-electron chi connectivity index (χ1n) is 6.75. The van der Waals surface area contributed by atoms with Crippen molar-refractivity contribution in [2.75, 3.05) is 23.7 Å². The highest BCUT2D eigenvalue weighted by Gasteiger charge is 2.01. The van der Waals surface area contributed by atoms with Gasteiger partial charge in [-0.05, 0) is 38.0 Å². The molecule has 1 aromatic carbocycles. The van der Waals surface area contributed by atoms with Crippen molar-refractivity contribution in [1.29, 1.82) is 0 Å². The molecule has 2 aromatic rings. The molecule has 0 radical (unpaired) electrons. The molecule has 0 atom stereocenters. The van der Waals surface area contributed by atoms with E-state index in [1.54, 1.807) is 12.1 Å². The van der Waals surface area contributed by atoms with Gasteiger partial charge in [0.05, 0.1) is 0 Å². The molecular weight excluding hydrogens is 255 g/mol. The van der Waals surface area contributed by atoms with E-state index < -0.39 is 0 Å². The lowest BCUT2D eigenvalue weighted by atomic mass is 10.1. The van der Waals surface area contributed by atoms with E-state index in [-0.39, 0.29) is 5.82 Å². The van der Waals surface area contributed by atoms with Crippen LogP contribution in [0.4, 0.5) is 16.0 Å². The van der Waals surface area contributed by atoms with E-state index in [2.05, 4.69) is 20.6 Å². The highest BCUT2D eigenvalue weighted by molar-refractivity contribution is 5.47. The van der Waals surface area contributed by atoms with Gasteiger partial charge in [-0.3, -0.25) is 0 Å². The summed E-state index contributed by atoms with van der Waals surface area (Å²) in [5, 5.41) is 6.40. The van der Waals surface area contributed by atoms with Crippen LogP contribution >= 0.6 is 0 Å². The number of halogens is 1. The molecule has 0 fully saturated rings. The molecule has 106 valence electrons. The van der Waals surface area contributed by atoms with Crippen molar-refractivity contribution < 1.29 is 4.39 Å². The van der Waals surface area contributed by atoms with Gasteiger partial charge in [-0.25, -0.2) is 14.4 Å². The Morgan fingerprint density at radius 1 is 1.10 bits per heavy atom. The maximum atomic E-state index is 13.1. The second kappa shape index (κ2) is 6.84. The van der Waals surface area contributed by atoms with Gasteiger partial charge >= 0.3 is 0 Å². The van der Waals surface area contributed by atoms with Crippen LogP contribution in [-0.2, 0) is 6.42 Å². The number of aryl methyl sites for hydroxylation is 1. The molecule has 0 spiro atoms. The second-order valence-electron chi connectivity index (χ2n) is 4.52. The standard InChI is InChI=1S/C15H19FN4/c1-3-17-14-10-15(20-11(2)19-14)18-8-7-12-5-4-6-13(16)9-12/h4-6,9-10H,3,7-8H2,1-2H3,(H2,17,18,19,20). The number of aromatic nitrogens is 2. The van der Waals surface area contributed by atoms with Gasteiger partial charge in [0.15, 0.2) is 0 Å². The zero-order valence-corrected chi connectivity index (χ0v) is 11.8. The molecule has 5 heteroatoms. The molecule has 0 saturated heterocycles. The Balaban J connectivity index is 1.93. The Kier molecular flexibility index (Phi) is 4.87. The van der Waals surface area contributed by atoms with Crippen molar-refractivity contribution in [2.45, 2.75) is 20.3 Å². The first-order valence-corrected chi connectivity index (χ1v) is 6.75. The van der Waals surface area contributed by atoms with Gasteiger partial charge < -0.3 is 10.6 Å². The number of nitrogens with one attached hydrogen (secondary N) is 2. The summed E-state index contributed by atoms with van der Waals surface area (Å²) in [7, 11) is 0. The van der Waals surface area contributed by atoms with Crippen LogP contribution in [0.2, 0.25) is 0 Å². The van der Waals surface area contributed by atoms with Gasteiger partial charge in [0.1, 0.15) is 23.3 Å². The van der Waals surface area contributed by atoms with Crippen LogP contribution < -0.4 is 10.6 Å². The lowest BCUT2D eigenvalue weighted by Gasteiger charge is -2.09. The molecule has 0 aliphatic heterocycles. The molecule has 0 bridgehead atoms. The van der Waals surface area contributed by atoms with E-state index in [4.69, 9.17) is 0 Å². The Bertz CT molecular complexity index is 572. The third-order valence-corrected chi connectivity index (χ3v) is 2.80. The maximum Gasteiger partial charge on any atom is 0.131 e. The van der Waals surface area contributed by atoms with Crippen LogP contribution in [-0.4, -0.2) is 23.1 Å². The van der Waals surface area contributed by atoms with Gasteiger partial charge in [-0.2, -0.15) is 0 Å². The van der Waals surface area contributed by atoms with Crippen LogP contribution in [0.3, 0.4) is 0 Å². The van der Waals surface area contributed by atoms with Crippen molar-refractivity contribution in [3.63, 3.8) is 0 Å². The highest BCUT2D eigenvalue weighted by atomic mass is 19.1. The number of rotatable bonds is 6. The highest BCUT2D eigenvalue weighted by Crippen LogP contribution is 2.11. The zero-order valence-electron chi connectivity index (χ0n) is 11.8. The Hall–Kier alpha value is -2.17. The molecular formula is C15H19FN4. The molecule has 0 aliphatic carbocycles. The van der Waals surface area contributed by atoms with Crippen LogP contribution in [0.5, 0.6) is 0 Å². The summed E-state index contributed by atoms with van der Waals surface area (Å²) in [4.78, 5) is 8.62. The molecule has 2 rings (SSSR count). The fourth-order valence-electron chi connectivity index (χ4n) is 1.96. The minimum atomic E-state index is -0.199. The third kappa shape index (κ3) is 4.19. The minimum absolute atomic E-state index is 0.199. The van der Waals surface area contributed by atoms with E-state index in [1.165, 1.54) is 6.07 Å². The van der Waals surface area contributed by atoms with E-state index in [9.17, 15) is 4.39 Å². The lowest BCUT2D eigenvalue weighted by molar-refractivity contribution is 0.625. The molecule has 4 nitrogen and oxygen atoms in total. The molecule has 0 amide bonds. The van der Waals surface area contributed by atoms with Crippen molar-refractivity contribution in [3.05, 3.63) is 47.5 Å². The van der Waals surface area contributed by atoms with Crippen LogP contribution in [0.25, 0.3) is 0 Å². The molecule has 2 N–H and O–H groups in total. The third-order valence-electron chi connectivity index (χ3n) is 2.80. The van der Waals surface area contributed by atoms with E-state index in [1.807, 2.05) is 26.0 Å².